The van der Waals surface area contributed by atoms with Gasteiger partial charge in [-0.2, -0.15) is 0 Å². The summed E-state index contributed by atoms with van der Waals surface area (Å²) in [5, 5.41) is 11.1. The van der Waals surface area contributed by atoms with Crippen molar-refractivity contribution < 1.29 is 19.3 Å². The van der Waals surface area contributed by atoms with Crippen molar-refractivity contribution in [2.75, 3.05) is 40.6 Å². The Balaban J connectivity index is 1.70. The molecule has 2 unspecified atom stereocenters. The molecule has 0 saturated carbocycles. The molecular weight excluding hydrogens is 282 g/mol. The highest BCUT2D eigenvalue weighted by atomic mass is 16.5. The molecule has 122 valence electrons. The van der Waals surface area contributed by atoms with E-state index in [4.69, 9.17) is 14.2 Å². The van der Waals surface area contributed by atoms with Crippen LogP contribution in [0.1, 0.15) is 18.4 Å². The number of fused-ring (bicyclic) bond motifs is 2. The molecule has 2 fully saturated rings. The topological polar surface area (TPSA) is 51.2 Å². The van der Waals surface area contributed by atoms with Crippen LogP contribution in [0.25, 0.3) is 0 Å². The molecule has 1 aromatic carbocycles. The van der Waals surface area contributed by atoms with Gasteiger partial charge in [0.05, 0.1) is 25.4 Å². The summed E-state index contributed by atoms with van der Waals surface area (Å²) >= 11 is 0. The number of ether oxygens (including phenoxy) is 3. The van der Waals surface area contributed by atoms with E-state index in [0.29, 0.717) is 39.3 Å². The summed E-state index contributed by atoms with van der Waals surface area (Å²) < 4.78 is 16.2. The van der Waals surface area contributed by atoms with Gasteiger partial charge in [0.15, 0.2) is 0 Å². The van der Waals surface area contributed by atoms with Crippen LogP contribution in [0, 0.1) is 0 Å². The molecule has 5 heteroatoms. The summed E-state index contributed by atoms with van der Waals surface area (Å²) in [6.45, 7) is 2.51. The summed E-state index contributed by atoms with van der Waals surface area (Å²) in [6.07, 6.45) is 1.42. The van der Waals surface area contributed by atoms with Crippen LogP contribution in [0.4, 0.5) is 0 Å². The van der Waals surface area contributed by atoms with Crippen LogP contribution < -0.4 is 4.74 Å². The van der Waals surface area contributed by atoms with Crippen LogP contribution >= 0.6 is 0 Å². The first kappa shape index (κ1) is 15.7. The molecular formula is C17H25NO4. The number of hydrogen-bond donors (Lipinski definition) is 1. The van der Waals surface area contributed by atoms with Gasteiger partial charge in [0.25, 0.3) is 0 Å². The number of rotatable bonds is 5. The minimum atomic E-state index is -0.767. The van der Waals surface area contributed by atoms with Crippen LogP contribution in [0.5, 0.6) is 5.75 Å². The van der Waals surface area contributed by atoms with Crippen LogP contribution in [0.15, 0.2) is 24.3 Å². The first-order chi connectivity index (χ1) is 10.6. The zero-order chi connectivity index (χ0) is 15.6. The molecule has 2 saturated heterocycles. The Morgan fingerprint density at radius 3 is 2.41 bits per heavy atom. The van der Waals surface area contributed by atoms with Gasteiger partial charge < -0.3 is 19.3 Å². The van der Waals surface area contributed by atoms with Crippen LogP contribution in [0.3, 0.4) is 0 Å². The van der Waals surface area contributed by atoms with Crippen molar-refractivity contribution in [1.29, 1.82) is 0 Å². The highest BCUT2D eigenvalue weighted by Crippen LogP contribution is 2.40. The fourth-order valence-corrected chi connectivity index (χ4v) is 3.48. The smallest absolute Gasteiger partial charge is 0.119 e. The molecule has 0 spiro atoms. The highest BCUT2D eigenvalue weighted by Gasteiger charge is 2.45. The molecule has 2 bridgehead atoms. The predicted molar refractivity (Wildman–Crippen MR) is 83.1 cm³/mol. The Hall–Kier alpha value is -1.14. The van der Waals surface area contributed by atoms with Crippen molar-refractivity contribution >= 4 is 0 Å². The number of hydrogen-bond acceptors (Lipinski definition) is 5. The summed E-state index contributed by atoms with van der Waals surface area (Å²) in [7, 11) is 3.78. The summed E-state index contributed by atoms with van der Waals surface area (Å²) in [5.74, 6) is 0.806. The Morgan fingerprint density at radius 2 is 1.82 bits per heavy atom. The molecule has 1 N–H and O–H groups in total. The maximum atomic E-state index is 11.1. The van der Waals surface area contributed by atoms with Gasteiger partial charge >= 0.3 is 0 Å². The third kappa shape index (κ3) is 3.13. The van der Waals surface area contributed by atoms with Crippen molar-refractivity contribution in [3.63, 3.8) is 0 Å². The van der Waals surface area contributed by atoms with Gasteiger partial charge in [-0.1, -0.05) is 12.1 Å². The lowest BCUT2D eigenvalue weighted by Crippen LogP contribution is -2.59. The molecule has 2 heterocycles. The summed E-state index contributed by atoms with van der Waals surface area (Å²) in [6, 6.07) is 8.38. The van der Waals surface area contributed by atoms with E-state index in [1.165, 1.54) is 0 Å². The Labute approximate surface area is 131 Å². The van der Waals surface area contributed by atoms with E-state index in [1.807, 2.05) is 24.3 Å². The number of nitrogens with zero attached hydrogens (tertiary/aromatic N) is 1. The number of piperidine rings is 1. The Bertz CT molecular complexity index is 476. The van der Waals surface area contributed by atoms with E-state index < -0.39 is 5.60 Å². The molecule has 2 aliphatic heterocycles. The lowest BCUT2D eigenvalue weighted by molar-refractivity contribution is -0.137. The van der Waals surface area contributed by atoms with E-state index in [-0.39, 0.29) is 12.1 Å². The molecule has 1 aromatic rings. The monoisotopic (exact) mass is 307 g/mol. The normalized spacial score (nSPS) is 32.0. The Kier molecular flexibility index (Phi) is 4.68. The van der Waals surface area contributed by atoms with Crippen molar-refractivity contribution in [2.45, 2.75) is 30.5 Å². The second-order valence-electron chi connectivity index (χ2n) is 6.32. The highest BCUT2D eigenvalue weighted by molar-refractivity contribution is 5.32. The van der Waals surface area contributed by atoms with Gasteiger partial charge in [0.2, 0.25) is 0 Å². The van der Waals surface area contributed by atoms with Crippen molar-refractivity contribution in [3.8, 4) is 5.75 Å². The second-order valence-corrected chi connectivity index (χ2v) is 6.32. The summed E-state index contributed by atoms with van der Waals surface area (Å²) in [4.78, 5) is 2.35. The average molecular weight is 307 g/mol. The minimum Gasteiger partial charge on any atom is -0.491 e. The van der Waals surface area contributed by atoms with Gasteiger partial charge in [0.1, 0.15) is 12.4 Å². The second kappa shape index (κ2) is 6.54. The maximum absolute atomic E-state index is 11.1. The van der Waals surface area contributed by atoms with Gasteiger partial charge in [-0.15, -0.1) is 0 Å². The molecule has 0 aromatic heterocycles. The number of methoxy groups -OCH3 is 1. The van der Waals surface area contributed by atoms with E-state index >= 15 is 0 Å². The van der Waals surface area contributed by atoms with Crippen LogP contribution in [-0.4, -0.2) is 62.7 Å². The zero-order valence-electron chi connectivity index (χ0n) is 13.3. The quantitative estimate of drug-likeness (QED) is 0.833. The number of aliphatic hydroxyl groups is 1. The van der Waals surface area contributed by atoms with Crippen molar-refractivity contribution in [3.05, 3.63) is 29.8 Å². The molecule has 22 heavy (non-hydrogen) atoms. The van der Waals surface area contributed by atoms with Crippen LogP contribution in [-0.2, 0) is 15.1 Å². The SMILES string of the molecule is COCCOc1ccc(C2(O)CC3COCC(C2)N3C)cc1. The standard InChI is InChI=1S/C17H25NO4/c1-18-14-9-17(19,10-15(18)12-21-11-14)13-3-5-16(6-4-13)22-8-7-20-2/h3-6,14-15,19H,7-12H2,1-2H3. The number of benzene rings is 1. The fraction of sp³-hybridized carbons (Fsp3) is 0.647. The van der Waals surface area contributed by atoms with Crippen molar-refractivity contribution in [1.82, 2.24) is 4.90 Å². The first-order valence-corrected chi connectivity index (χ1v) is 7.87. The van der Waals surface area contributed by atoms with Gasteiger partial charge in [-0.05, 0) is 37.6 Å². The van der Waals surface area contributed by atoms with Crippen LogP contribution in [0.2, 0.25) is 0 Å². The third-order valence-corrected chi connectivity index (χ3v) is 4.87. The molecule has 0 radical (unpaired) electrons. The van der Waals surface area contributed by atoms with Gasteiger partial charge in [-0.3, -0.25) is 4.90 Å². The fourth-order valence-electron chi connectivity index (χ4n) is 3.48. The molecule has 5 nitrogen and oxygen atoms in total. The zero-order valence-corrected chi connectivity index (χ0v) is 13.3. The molecule has 0 aliphatic carbocycles. The number of likely N-dealkylation sites (N-methyl/N-ethyl adjacent to an activating group) is 1. The molecule has 3 rings (SSSR count). The summed E-state index contributed by atoms with van der Waals surface area (Å²) in [5.41, 5.74) is 0.202. The van der Waals surface area contributed by atoms with Crippen molar-refractivity contribution in [2.24, 2.45) is 0 Å². The largest absolute Gasteiger partial charge is 0.491 e. The first-order valence-electron chi connectivity index (χ1n) is 7.87. The van der Waals surface area contributed by atoms with E-state index in [2.05, 4.69) is 11.9 Å². The Morgan fingerprint density at radius 1 is 1.18 bits per heavy atom. The number of morpholine rings is 1. The van der Waals surface area contributed by atoms with E-state index in [0.717, 1.165) is 11.3 Å². The lowest BCUT2D eigenvalue weighted by Gasteiger charge is -2.50. The molecule has 2 aliphatic rings. The maximum Gasteiger partial charge on any atom is 0.119 e. The van der Waals surface area contributed by atoms with Gasteiger partial charge in [-0.25, -0.2) is 0 Å². The van der Waals surface area contributed by atoms with E-state index in [1.54, 1.807) is 7.11 Å². The third-order valence-electron chi connectivity index (χ3n) is 4.87. The van der Waals surface area contributed by atoms with E-state index in [9.17, 15) is 5.11 Å². The average Bonchev–Trinajstić information content (AvgIpc) is 2.50. The lowest BCUT2D eigenvalue weighted by atomic mass is 9.77. The predicted octanol–water partition coefficient (Wildman–Crippen LogP) is 1.39. The molecule has 0 amide bonds. The van der Waals surface area contributed by atoms with Gasteiger partial charge in [0, 0.05) is 19.2 Å². The minimum absolute atomic E-state index is 0.287. The molecule has 2 atom stereocenters.